The van der Waals surface area contributed by atoms with E-state index in [2.05, 4.69) is 96.9 Å². The number of nitrogens with one attached hydrogen (secondary N) is 1. The van der Waals surface area contributed by atoms with Crippen LogP contribution in [0, 0.1) is 5.41 Å². The van der Waals surface area contributed by atoms with Crippen molar-refractivity contribution in [1.29, 1.82) is 0 Å². The van der Waals surface area contributed by atoms with Crippen LogP contribution in [0.25, 0.3) is 32.4 Å². The van der Waals surface area contributed by atoms with E-state index in [1.807, 2.05) is 19.9 Å². The van der Waals surface area contributed by atoms with E-state index in [0.29, 0.717) is 11.5 Å². The van der Waals surface area contributed by atoms with Crippen LogP contribution in [0.4, 0.5) is 5.69 Å². The lowest BCUT2D eigenvalue weighted by molar-refractivity contribution is 0.0697. The second-order valence-corrected chi connectivity index (χ2v) is 13.5. The Morgan fingerprint density at radius 3 is 2.44 bits per heavy atom. The third-order valence-electron chi connectivity index (χ3n) is 9.15. The number of aromatic carboxylic acids is 1. The van der Waals surface area contributed by atoms with Gasteiger partial charge >= 0.3 is 5.97 Å². The fraction of sp³-hybridized carbons (Fsp3) is 0.250. The number of anilines is 1. The number of nitrogens with zero attached hydrogens (tertiary/aromatic N) is 1. The second kappa shape index (κ2) is 12.0. The van der Waals surface area contributed by atoms with Crippen molar-refractivity contribution in [3.63, 3.8) is 0 Å². The minimum absolute atomic E-state index is 0.0985. The summed E-state index contributed by atoms with van der Waals surface area (Å²) in [5.74, 6) is -0.461. The number of pyridine rings is 1. The number of hydrogen-bond acceptors (Lipinski definition) is 4. The monoisotopic (exact) mass is 596 g/mol. The van der Waals surface area contributed by atoms with E-state index in [9.17, 15) is 9.90 Å². The third-order valence-corrected chi connectivity index (χ3v) is 9.15. The van der Waals surface area contributed by atoms with Gasteiger partial charge in [-0.3, -0.25) is 4.98 Å². The summed E-state index contributed by atoms with van der Waals surface area (Å²) in [5, 5.41) is 28.1. The molecule has 0 bridgehead atoms. The lowest BCUT2D eigenvalue weighted by Gasteiger charge is -2.41. The third kappa shape index (κ3) is 6.27. The number of fused-ring (bicyclic) bond motifs is 6. The average Bonchev–Trinajstić information content (AvgIpc) is 3.03. The van der Waals surface area contributed by atoms with Gasteiger partial charge in [0.15, 0.2) is 0 Å². The quantitative estimate of drug-likeness (QED) is 0.173. The van der Waals surface area contributed by atoms with Crippen molar-refractivity contribution in [2.24, 2.45) is 5.41 Å². The Balaban J connectivity index is 0.000000229. The van der Waals surface area contributed by atoms with Crippen molar-refractivity contribution in [2.45, 2.75) is 52.0 Å². The summed E-state index contributed by atoms with van der Waals surface area (Å²) in [5.41, 5.74) is 6.36. The molecule has 3 N–H and O–H groups in total. The Hall–Kier alpha value is -4.74. The predicted molar refractivity (Wildman–Crippen MR) is 185 cm³/mol. The lowest BCUT2D eigenvalue weighted by Crippen LogP contribution is -2.35. The smallest absolute Gasteiger partial charge is 0.335 e. The molecule has 5 aromatic carbocycles. The van der Waals surface area contributed by atoms with Gasteiger partial charge in [-0.05, 0) is 113 Å². The molecule has 0 spiro atoms. The topological polar surface area (TPSA) is 82.5 Å². The highest BCUT2D eigenvalue weighted by Gasteiger charge is 2.37. The van der Waals surface area contributed by atoms with Gasteiger partial charge in [0.25, 0.3) is 0 Å². The summed E-state index contributed by atoms with van der Waals surface area (Å²) >= 11 is 0. The van der Waals surface area contributed by atoms with Crippen molar-refractivity contribution < 1.29 is 15.0 Å². The van der Waals surface area contributed by atoms with E-state index in [1.165, 1.54) is 38.2 Å². The molecule has 0 fully saturated rings. The first kappa shape index (κ1) is 30.3. The van der Waals surface area contributed by atoms with E-state index < -0.39 is 5.97 Å². The first-order valence-electron chi connectivity index (χ1n) is 15.5. The van der Waals surface area contributed by atoms with Crippen molar-refractivity contribution in [3.8, 4) is 0 Å². The van der Waals surface area contributed by atoms with Gasteiger partial charge in [-0.25, -0.2) is 4.79 Å². The summed E-state index contributed by atoms with van der Waals surface area (Å²) in [6.45, 7) is 8.97. The molecule has 0 amide bonds. The van der Waals surface area contributed by atoms with Crippen LogP contribution >= 0.6 is 0 Å². The number of aliphatic hydroxyl groups excluding tert-OH is 1. The molecular weight excluding hydrogens is 556 g/mol. The van der Waals surface area contributed by atoms with Crippen LogP contribution in [0.2, 0.25) is 0 Å². The zero-order chi connectivity index (χ0) is 31.8. The first-order valence-corrected chi connectivity index (χ1v) is 15.5. The molecule has 228 valence electrons. The maximum atomic E-state index is 10.6. The highest BCUT2D eigenvalue weighted by atomic mass is 16.4. The molecular formula is C40H40N2O3. The number of carboxylic acids is 1. The molecule has 0 aliphatic heterocycles. The van der Waals surface area contributed by atoms with Crippen LogP contribution in [-0.4, -0.2) is 33.3 Å². The zero-order valence-corrected chi connectivity index (χ0v) is 26.3. The molecule has 0 saturated carbocycles. The molecule has 1 atom stereocenters. The van der Waals surface area contributed by atoms with Crippen LogP contribution in [0.1, 0.15) is 60.7 Å². The Kier molecular flexibility index (Phi) is 8.07. The normalized spacial score (nSPS) is 15.7. The number of aromatic nitrogens is 1. The molecule has 5 heteroatoms. The molecule has 1 heterocycles. The van der Waals surface area contributed by atoms with E-state index in [0.717, 1.165) is 29.4 Å². The van der Waals surface area contributed by atoms with Gasteiger partial charge in [0.1, 0.15) is 0 Å². The minimum Gasteiger partial charge on any atom is -0.478 e. The van der Waals surface area contributed by atoms with Crippen LogP contribution in [0.5, 0.6) is 0 Å². The molecule has 0 saturated heterocycles. The largest absolute Gasteiger partial charge is 0.478 e. The Labute approximate surface area is 264 Å². The number of carboxylic acid groups (broad SMARTS) is 1. The van der Waals surface area contributed by atoms with Crippen LogP contribution < -0.4 is 5.32 Å². The molecule has 0 radical (unpaired) electrons. The van der Waals surface area contributed by atoms with Gasteiger partial charge in [0.2, 0.25) is 0 Å². The molecule has 1 aliphatic carbocycles. The lowest BCUT2D eigenvalue weighted by atomic mass is 9.63. The van der Waals surface area contributed by atoms with Crippen molar-refractivity contribution in [2.75, 3.05) is 11.9 Å². The highest BCUT2D eigenvalue weighted by molar-refractivity contribution is 6.08. The maximum Gasteiger partial charge on any atom is 0.335 e. The van der Waals surface area contributed by atoms with Gasteiger partial charge in [-0.1, -0.05) is 80.6 Å². The van der Waals surface area contributed by atoms with Gasteiger partial charge in [-0.15, -0.1) is 0 Å². The van der Waals surface area contributed by atoms with Gasteiger partial charge in [-0.2, -0.15) is 0 Å². The standard InChI is InChI=1S/C30H33NO.C10H7NO2/c1-29(2)18-27-21(13-15-25-24-11-6-5-8-20(24)12-14-26(25)27)17-28(29)22-9-7-10-23(16-22)31-30(3,4)19-32;12-10(13)8-3-4-9-7(6-8)2-1-5-11-9/h5-16,28,31-32H,17-19H2,1-4H3;1-6H,(H,12,13). The number of aliphatic hydroxyl groups is 1. The van der Waals surface area contributed by atoms with Crippen molar-refractivity contribution >= 4 is 44.1 Å². The Morgan fingerprint density at radius 1 is 0.867 bits per heavy atom. The number of benzene rings is 5. The molecule has 7 rings (SSSR count). The number of carbonyl (C=O) groups is 1. The Morgan fingerprint density at radius 2 is 1.64 bits per heavy atom. The second-order valence-electron chi connectivity index (χ2n) is 13.5. The van der Waals surface area contributed by atoms with Crippen molar-refractivity contribution in [1.82, 2.24) is 4.98 Å². The zero-order valence-electron chi connectivity index (χ0n) is 26.3. The molecule has 1 aromatic heterocycles. The molecule has 1 unspecified atom stereocenters. The van der Waals surface area contributed by atoms with E-state index in [1.54, 1.807) is 30.5 Å². The number of rotatable bonds is 5. The van der Waals surface area contributed by atoms with Crippen LogP contribution in [-0.2, 0) is 12.8 Å². The molecule has 5 nitrogen and oxygen atoms in total. The molecule has 45 heavy (non-hydrogen) atoms. The SMILES string of the molecule is CC(C)(CO)Nc1cccc(C2Cc3ccc4c(ccc5ccccc54)c3CC2(C)C)c1.O=C(O)c1ccc2ncccc2c1. The van der Waals surface area contributed by atoms with Crippen LogP contribution in [0.3, 0.4) is 0 Å². The fourth-order valence-electron chi connectivity index (χ4n) is 6.71. The Bertz CT molecular complexity index is 2030. The van der Waals surface area contributed by atoms with Gasteiger partial charge in [0.05, 0.1) is 23.2 Å². The number of hydrogen-bond donors (Lipinski definition) is 3. The highest BCUT2D eigenvalue weighted by Crippen LogP contribution is 2.48. The summed E-state index contributed by atoms with van der Waals surface area (Å²) < 4.78 is 0. The van der Waals surface area contributed by atoms with Crippen LogP contribution in [0.15, 0.2) is 109 Å². The molecule has 6 aromatic rings. The summed E-state index contributed by atoms with van der Waals surface area (Å²) in [6, 6.07) is 35.3. The first-order chi connectivity index (χ1) is 21.5. The van der Waals surface area contributed by atoms with E-state index in [-0.39, 0.29) is 17.6 Å². The van der Waals surface area contributed by atoms with Gasteiger partial charge < -0.3 is 15.5 Å². The maximum absolute atomic E-state index is 10.6. The van der Waals surface area contributed by atoms with Gasteiger partial charge in [0, 0.05) is 17.3 Å². The van der Waals surface area contributed by atoms with E-state index in [4.69, 9.17) is 5.11 Å². The van der Waals surface area contributed by atoms with Crippen molar-refractivity contribution in [3.05, 3.63) is 132 Å². The summed E-state index contributed by atoms with van der Waals surface area (Å²) in [4.78, 5) is 14.7. The molecule has 1 aliphatic rings. The predicted octanol–water partition coefficient (Wildman–Crippen LogP) is 9.02. The summed E-state index contributed by atoms with van der Waals surface area (Å²) in [7, 11) is 0. The fourth-order valence-corrected chi connectivity index (χ4v) is 6.71. The summed E-state index contributed by atoms with van der Waals surface area (Å²) in [6.07, 6.45) is 3.81. The average molecular weight is 597 g/mol. The van der Waals surface area contributed by atoms with E-state index >= 15 is 0 Å². The minimum atomic E-state index is -0.911.